The van der Waals surface area contributed by atoms with Crippen molar-refractivity contribution in [2.75, 3.05) is 0 Å². The van der Waals surface area contributed by atoms with Gasteiger partial charge < -0.3 is 4.74 Å². The van der Waals surface area contributed by atoms with Crippen LogP contribution in [0.15, 0.2) is 6.26 Å². The van der Waals surface area contributed by atoms with Gasteiger partial charge in [0.05, 0.1) is 12.4 Å². The van der Waals surface area contributed by atoms with Crippen molar-refractivity contribution in [2.45, 2.75) is 19.4 Å². The summed E-state index contributed by atoms with van der Waals surface area (Å²) >= 11 is 0. The molecule has 1 nitrogen and oxygen atoms in total. The molecule has 1 atom stereocenters. The van der Waals surface area contributed by atoms with Crippen molar-refractivity contribution >= 4 is 0 Å². The molecule has 0 N–H and O–H groups in total. The zero-order valence-corrected chi connectivity index (χ0v) is 3.77. The number of hydrogen-bond acceptors (Lipinski definition) is 1. The smallest absolute Gasteiger partial charge is 0.0992 e. The maximum Gasteiger partial charge on any atom is 0.0992 e. The molecule has 1 heterocycles. The van der Waals surface area contributed by atoms with E-state index < -0.39 is 0 Å². The molecule has 0 saturated heterocycles. The van der Waals surface area contributed by atoms with Crippen LogP contribution >= 0.6 is 0 Å². The summed E-state index contributed by atoms with van der Waals surface area (Å²) in [5.41, 5.74) is 0. The second kappa shape index (κ2) is 1.33. The lowest BCUT2D eigenvalue weighted by Crippen LogP contribution is -1.93. The molecule has 0 aromatic rings. The summed E-state index contributed by atoms with van der Waals surface area (Å²) in [5, 5.41) is 0. The lowest BCUT2D eigenvalue weighted by Gasteiger charge is -1.96. The van der Waals surface area contributed by atoms with Crippen LogP contribution in [0.1, 0.15) is 13.3 Å². The highest BCUT2D eigenvalue weighted by atomic mass is 16.5. The normalized spacial score (nSPS) is 30.5. The standard InChI is InChI=1S/C5H7O/c1-5-3-2-4-6-5/h4-5H,3H2,1H3. The van der Waals surface area contributed by atoms with Crippen molar-refractivity contribution in [3.05, 3.63) is 12.3 Å². The summed E-state index contributed by atoms with van der Waals surface area (Å²) in [5.74, 6) is 0. The Balaban J connectivity index is 2.32. The van der Waals surface area contributed by atoms with Crippen LogP contribution in [0.3, 0.4) is 0 Å². The molecule has 1 aliphatic rings. The van der Waals surface area contributed by atoms with Gasteiger partial charge >= 0.3 is 0 Å². The van der Waals surface area contributed by atoms with Gasteiger partial charge in [0.1, 0.15) is 0 Å². The highest BCUT2D eigenvalue weighted by Crippen LogP contribution is 2.04. The molecule has 1 heteroatoms. The molecule has 1 rings (SSSR count). The first kappa shape index (κ1) is 3.72. The fraction of sp³-hybridized carbons (Fsp3) is 0.600. The van der Waals surface area contributed by atoms with Crippen molar-refractivity contribution in [3.63, 3.8) is 0 Å². The quantitative estimate of drug-likeness (QED) is 0.426. The molecule has 1 aliphatic heterocycles. The molecular weight excluding hydrogens is 76.1 g/mol. The largest absolute Gasteiger partial charge is 0.498 e. The Morgan fingerprint density at radius 2 is 2.83 bits per heavy atom. The second-order valence-electron chi connectivity index (χ2n) is 1.47. The maximum atomic E-state index is 4.92. The third-order valence-electron chi connectivity index (χ3n) is 0.789. The molecule has 0 aromatic carbocycles. The van der Waals surface area contributed by atoms with Gasteiger partial charge in [0.15, 0.2) is 0 Å². The molecular formula is C5H7O. The minimum Gasteiger partial charge on any atom is -0.498 e. The first-order valence-electron chi connectivity index (χ1n) is 2.10. The van der Waals surface area contributed by atoms with Crippen LogP contribution in [0.2, 0.25) is 0 Å². The number of hydrogen-bond donors (Lipinski definition) is 0. The molecule has 1 radical (unpaired) electrons. The van der Waals surface area contributed by atoms with E-state index in [0.717, 1.165) is 6.42 Å². The molecule has 6 heavy (non-hydrogen) atoms. The first-order valence-corrected chi connectivity index (χ1v) is 2.10. The van der Waals surface area contributed by atoms with Gasteiger partial charge in [-0.1, -0.05) is 0 Å². The molecule has 0 saturated carbocycles. The summed E-state index contributed by atoms with van der Waals surface area (Å²) in [6.45, 7) is 2.02. The molecule has 33 valence electrons. The van der Waals surface area contributed by atoms with Crippen molar-refractivity contribution in [1.29, 1.82) is 0 Å². The fourth-order valence-electron chi connectivity index (χ4n) is 0.426. The zero-order chi connectivity index (χ0) is 4.41. The van der Waals surface area contributed by atoms with Gasteiger partial charge in [-0.05, 0) is 13.0 Å². The van der Waals surface area contributed by atoms with Crippen LogP contribution in [0, 0.1) is 6.08 Å². The highest BCUT2D eigenvalue weighted by Gasteiger charge is 2.01. The van der Waals surface area contributed by atoms with E-state index in [4.69, 9.17) is 4.74 Å². The van der Waals surface area contributed by atoms with Crippen molar-refractivity contribution in [3.8, 4) is 0 Å². The Labute approximate surface area is 37.6 Å². The molecule has 0 spiro atoms. The van der Waals surface area contributed by atoms with Crippen LogP contribution in [0.5, 0.6) is 0 Å². The van der Waals surface area contributed by atoms with E-state index in [1.54, 1.807) is 6.26 Å². The van der Waals surface area contributed by atoms with Gasteiger partial charge in [-0.25, -0.2) is 0 Å². The van der Waals surface area contributed by atoms with Crippen LogP contribution < -0.4 is 0 Å². The molecule has 0 amide bonds. The van der Waals surface area contributed by atoms with Crippen LogP contribution in [-0.2, 0) is 4.74 Å². The predicted octanol–water partition coefficient (Wildman–Crippen LogP) is 1.11. The SMILES string of the molecule is CC1C[C]=CO1. The highest BCUT2D eigenvalue weighted by molar-refractivity contribution is 4.75. The lowest BCUT2D eigenvalue weighted by molar-refractivity contribution is 0.189. The minimum absolute atomic E-state index is 0.380. The van der Waals surface area contributed by atoms with Gasteiger partial charge in [0.25, 0.3) is 0 Å². The van der Waals surface area contributed by atoms with E-state index in [1.165, 1.54) is 0 Å². The minimum atomic E-state index is 0.380. The van der Waals surface area contributed by atoms with Crippen molar-refractivity contribution in [1.82, 2.24) is 0 Å². The molecule has 0 fully saturated rings. The van der Waals surface area contributed by atoms with Gasteiger partial charge in [-0.2, -0.15) is 0 Å². The molecule has 0 aliphatic carbocycles. The summed E-state index contributed by atoms with van der Waals surface area (Å²) in [6, 6.07) is 0. The fourth-order valence-corrected chi connectivity index (χ4v) is 0.426. The Bertz CT molecular complexity index is 58.3. The van der Waals surface area contributed by atoms with E-state index in [0.29, 0.717) is 6.10 Å². The van der Waals surface area contributed by atoms with Gasteiger partial charge in [0, 0.05) is 6.42 Å². The Morgan fingerprint density at radius 1 is 2.00 bits per heavy atom. The third-order valence-corrected chi connectivity index (χ3v) is 0.789. The molecule has 1 unspecified atom stereocenters. The Morgan fingerprint density at radius 3 is 3.00 bits per heavy atom. The van der Waals surface area contributed by atoms with Gasteiger partial charge in [-0.3, -0.25) is 0 Å². The summed E-state index contributed by atoms with van der Waals surface area (Å²) in [7, 11) is 0. The summed E-state index contributed by atoms with van der Waals surface area (Å²) in [4.78, 5) is 0. The van der Waals surface area contributed by atoms with Crippen LogP contribution in [0.25, 0.3) is 0 Å². The Kier molecular flexibility index (Phi) is 0.825. The predicted molar refractivity (Wildman–Crippen MR) is 23.0 cm³/mol. The topological polar surface area (TPSA) is 9.23 Å². The van der Waals surface area contributed by atoms with Crippen LogP contribution in [-0.4, -0.2) is 6.10 Å². The van der Waals surface area contributed by atoms with Gasteiger partial charge in [-0.15, -0.1) is 0 Å². The molecule has 0 bridgehead atoms. The van der Waals surface area contributed by atoms with Crippen LogP contribution in [0.4, 0.5) is 0 Å². The summed E-state index contributed by atoms with van der Waals surface area (Å²) in [6.07, 6.45) is 5.89. The maximum absolute atomic E-state index is 4.92. The van der Waals surface area contributed by atoms with E-state index in [2.05, 4.69) is 6.08 Å². The number of ether oxygens (including phenoxy) is 1. The summed E-state index contributed by atoms with van der Waals surface area (Å²) < 4.78 is 4.92. The number of rotatable bonds is 0. The van der Waals surface area contributed by atoms with E-state index >= 15 is 0 Å². The van der Waals surface area contributed by atoms with E-state index in [1.807, 2.05) is 6.92 Å². The van der Waals surface area contributed by atoms with E-state index in [9.17, 15) is 0 Å². The monoisotopic (exact) mass is 83.0 g/mol. The third kappa shape index (κ3) is 0.534. The molecule has 0 aromatic heterocycles. The first-order chi connectivity index (χ1) is 2.89. The lowest BCUT2D eigenvalue weighted by atomic mass is 10.3. The van der Waals surface area contributed by atoms with Crippen molar-refractivity contribution < 1.29 is 4.74 Å². The zero-order valence-electron chi connectivity index (χ0n) is 3.77. The van der Waals surface area contributed by atoms with Gasteiger partial charge in [0.2, 0.25) is 0 Å². The van der Waals surface area contributed by atoms with Crippen molar-refractivity contribution in [2.24, 2.45) is 0 Å². The average molecular weight is 83.1 g/mol. The second-order valence-corrected chi connectivity index (χ2v) is 1.47. The average Bonchev–Trinajstić information content (AvgIpc) is 1.86. The Hall–Kier alpha value is -0.460. The van der Waals surface area contributed by atoms with E-state index in [-0.39, 0.29) is 0 Å².